The first-order valence-corrected chi connectivity index (χ1v) is 8.08. The van der Waals surface area contributed by atoms with Crippen LogP contribution >= 0.6 is 22.9 Å². The van der Waals surface area contributed by atoms with Gasteiger partial charge in [0.05, 0.1) is 10.6 Å². The van der Waals surface area contributed by atoms with Crippen LogP contribution in [0.25, 0.3) is 0 Å². The summed E-state index contributed by atoms with van der Waals surface area (Å²) in [5.74, 6) is 0.0626. The second kappa shape index (κ2) is 7.43. The second-order valence-electron chi connectivity index (χ2n) is 4.70. The minimum Gasteiger partial charge on any atom is -0.385 e. The molecular weight excluding hydrogens is 306 g/mol. The van der Waals surface area contributed by atoms with Crippen molar-refractivity contribution in [2.75, 3.05) is 18.4 Å². The van der Waals surface area contributed by atoms with Gasteiger partial charge in [-0.1, -0.05) is 18.5 Å². The Hall–Kier alpha value is -1.59. The second-order valence-corrected chi connectivity index (χ2v) is 6.06. The number of nitrogens with zero attached hydrogens (tertiary/aromatic N) is 1. The van der Waals surface area contributed by atoms with Gasteiger partial charge >= 0.3 is 0 Å². The van der Waals surface area contributed by atoms with Gasteiger partial charge in [-0.3, -0.25) is 4.79 Å². The Morgan fingerprint density at radius 2 is 2.29 bits per heavy atom. The van der Waals surface area contributed by atoms with Crippen molar-refractivity contribution in [2.24, 2.45) is 0 Å². The normalized spacial score (nSPS) is 12.0. The first-order valence-electron chi connectivity index (χ1n) is 6.82. The SMILES string of the molecule is CCNc1ccc(Cl)cc1C(=O)NCC(C)c1nccs1. The molecule has 2 rings (SSSR count). The molecule has 1 aromatic carbocycles. The van der Waals surface area contributed by atoms with E-state index in [1.807, 2.05) is 25.3 Å². The van der Waals surface area contributed by atoms with E-state index in [1.54, 1.807) is 29.7 Å². The van der Waals surface area contributed by atoms with E-state index >= 15 is 0 Å². The third-order valence-corrected chi connectivity index (χ3v) is 4.28. The maximum atomic E-state index is 12.3. The molecular formula is C15H18ClN3OS. The summed E-state index contributed by atoms with van der Waals surface area (Å²) in [7, 11) is 0. The predicted octanol–water partition coefficient (Wildman–Crippen LogP) is 3.76. The van der Waals surface area contributed by atoms with Gasteiger partial charge in [0.25, 0.3) is 5.91 Å². The number of benzene rings is 1. The number of aromatic nitrogens is 1. The summed E-state index contributed by atoms with van der Waals surface area (Å²) in [6, 6.07) is 5.28. The summed E-state index contributed by atoms with van der Waals surface area (Å²) in [5, 5.41) is 9.62. The Balaban J connectivity index is 2.04. The van der Waals surface area contributed by atoms with E-state index in [4.69, 9.17) is 11.6 Å². The van der Waals surface area contributed by atoms with E-state index < -0.39 is 0 Å². The van der Waals surface area contributed by atoms with Crippen molar-refractivity contribution in [3.8, 4) is 0 Å². The molecule has 1 atom stereocenters. The summed E-state index contributed by atoms with van der Waals surface area (Å²) >= 11 is 7.59. The van der Waals surface area contributed by atoms with Gasteiger partial charge in [-0.2, -0.15) is 0 Å². The van der Waals surface area contributed by atoms with Gasteiger partial charge in [0.1, 0.15) is 0 Å². The summed E-state index contributed by atoms with van der Waals surface area (Å²) in [6.07, 6.45) is 1.78. The van der Waals surface area contributed by atoms with Gasteiger partial charge < -0.3 is 10.6 Å². The number of anilines is 1. The number of hydrogen-bond acceptors (Lipinski definition) is 4. The van der Waals surface area contributed by atoms with Crippen LogP contribution in [0.5, 0.6) is 0 Å². The third-order valence-electron chi connectivity index (χ3n) is 3.04. The monoisotopic (exact) mass is 323 g/mol. The number of amides is 1. The Kier molecular flexibility index (Phi) is 5.59. The van der Waals surface area contributed by atoms with Crippen molar-refractivity contribution < 1.29 is 4.79 Å². The lowest BCUT2D eigenvalue weighted by Crippen LogP contribution is -2.28. The first kappa shape index (κ1) is 15.8. The number of carbonyl (C=O) groups excluding carboxylic acids is 1. The van der Waals surface area contributed by atoms with E-state index in [0.717, 1.165) is 17.2 Å². The largest absolute Gasteiger partial charge is 0.385 e. The van der Waals surface area contributed by atoms with E-state index in [-0.39, 0.29) is 11.8 Å². The van der Waals surface area contributed by atoms with Crippen LogP contribution in [-0.4, -0.2) is 24.0 Å². The van der Waals surface area contributed by atoms with Crippen molar-refractivity contribution in [1.82, 2.24) is 10.3 Å². The zero-order valence-corrected chi connectivity index (χ0v) is 13.6. The molecule has 0 fully saturated rings. The molecule has 6 heteroatoms. The zero-order chi connectivity index (χ0) is 15.2. The van der Waals surface area contributed by atoms with Crippen molar-refractivity contribution in [3.05, 3.63) is 45.4 Å². The van der Waals surface area contributed by atoms with Gasteiger partial charge in [0, 0.05) is 41.3 Å². The Labute approximate surface area is 133 Å². The molecule has 0 spiro atoms. The molecule has 1 amide bonds. The Morgan fingerprint density at radius 3 is 2.95 bits per heavy atom. The summed E-state index contributed by atoms with van der Waals surface area (Å²) in [6.45, 7) is 5.32. The molecule has 0 aliphatic heterocycles. The molecule has 0 saturated heterocycles. The maximum absolute atomic E-state index is 12.3. The lowest BCUT2D eigenvalue weighted by molar-refractivity contribution is 0.0952. The lowest BCUT2D eigenvalue weighted by Gasteiger charge is -2.13. The van der Waals surface area contributed by atoms with Gasteiger partial charge in [0.2, 0.25) is 0 Å². The van der Waals surface area contributed by atoms with E-state index in [2.05, 4.69) is 15.6 Å². The fourth-order valence-corrected chi connectivity index (χ4v) is 2.83. The van der Waals surface area contributed by atoms with Gasteiger partial charge in [-0.05, 0) is 25.1 Å². The van der Waals surface area contributed by atoms with Crippen LogP contribution in [0.3, 0.4) is 0 Å². The van der Waals surface area contributed by atoms with Crippen LogP contribution in [0.1, 0.15) is 35.1 Å². The first-order chi connectivity index (χ1) is 10.1. The lowest BCUT2D eigenvalue weighted by atomic mass is 10.1. The standard InChI is InChI=1S/C15H18ClN3OS/c1-3-17-13-5-4-11(16)8-12(13)14(20)19-9-10(2)15-18-6-7-21-15/h4-8,10,17H,3,9H2,1-2H3,(H,19,20). The maximum Gasteiger partial charge on any atom is 0.253 e. The Morgan fingerprint density at radius 1 is 1.48 bits per heavy atom. The molecule has 0 saturated carbocycles. The molecule has 0 aliphatic carbocycles. The van der Waals surface area contributed by atoms with Gasteiger partial charge in [-0.15, -0.1) is 11.3 Å². The highest BCUT2D eigenvalue weighted by molar-refractivity contribution is 7.09. The molecule has 0 aliphatic rings. The highest BCUT2D eigenvalue weighted by Gasteiger charge is 2.14. The molecule has 112 valence electrons. The molecule has 0 bridgehead atoms. The fourth-order valence-electron chi connectivity index (χ4n) is 1.96. The molecule has 2 N–H and O–H groups in total. The van der Waals surface area contributed by atoms with Crippen LogP contribution in [-0.2, 0) is 0 Å². The zero-order valence-electron chi connectivity index (χ0n) is 12.0. The van der Waals surface area contributed by atoms with Crippen LogP contribution < -0.4 is 10.6 Å². The number of nitrogens with one attached hydrogen (secondary N) is 2. The molecule has 21 heavy (non-hydrogen) atoms. The summed E-state index contributed by atoms with van der Waals surface area (Å²) in [5.41, 5.74) is 1.36. The predicted molar refractivity (Wildman–Crippen MR) is 88.5 cm³/mol. The van der Waals surface area contributed by atoms with Gasteiger partial charge in [-0.25, -0.2) is 4.98 Å². The van der Waals surface area contributed by atoms with Crippen molar-refractivity contribution in [3.63, 3.8) is 0 Å². The van der Waals surface area contributed by atoms with Gasteiger partial charge in [0.15, 0.2) is 0 Å². The van der Waals surface area contributed by atoms with Crippen LogP contribution in [0.15, 0.2) is 29.8 Å². The number of thiazole rings is 1. The fraction of sp³-hybridized carbons (Fsp3) is 0.333. The van der Waals surface area contributed by atoms with Crippen LogP contribution in [0.4, 0.5) is 5.69 Å². The number of hydrogen-bond donors (Lipinski definition) is 2. The summed E-state index contributed by atoms with van der Waals surface area (Å²) in [4.78, 5) is 16.6. The molecule has 1 aromatic heterocycles. The minimum atomic E-state index is -0.128. The quantitative estimate of drug-likeness (QED) is 0.851. The topological polar surface area (TPSA) is 54.0 Å². The molecule has 2 aromatic rings. The van der Waals surface area contributed by atoms with E-state index in [9.17, 15) is 4.79 Å². The third kappa shape index (κ3) is 4.19. The highest BCUT2D eigenvalue weighted by atomic mass is 35.5. The summed E-state index contributed by atoms with van der Waals surface area (Å²) < 4.78 is 0. The van der Waals surface area contributed by atoms with Crippen molar-refractivity contribution in [1.29, 1.82) is 0 Å². The molecule has 1 unspecified atom stereocenters. The molecule has 0 radical (unpaired) electrons. The Bertz CT molecular complexity index is 601. The van der Waals surface area contributed by atoms with E-state index in [0.29, 0.717) is 17.1 Å². The smallest absolute Gasteiger partial charge is 0.253 e. The molecule has 1 heterocycles. The number of rotatable bonds is 6. The average Bonchev–Trinajstić information content (AvgIpc) is 3.01. The van der Waals surface area contributed by atoms with Crippen molar-refractivity contribution in [2.45, 2.75) is 19.8 Å². The minimum absolute atomic E-state index is 0.128. The van der Waals surface area contributed by atoms with Crippen molar-refractivity contribution >= 4 is 34.5 Å². The van der Waals surface area contributed by atoms with E-state index in [1.165, 1.54) is 0 Å². The average molecular weight is 324 g/mol. The highest BCUT2D eigenvalue weighted by Crippen LogP contribution is 2.21. The number of halogens is 1. The number of carbonyl (C=O) groups is 1. The molecule has 4 nitrogen and oxygen atoms in total. The van der Waals surface area contributed by atoms with Crippen LogP contribution in [0.2, 0.25) is 5.02 Å². The van der Waals surface area contributed by atoms with Crippen LogP contribution in [0, 0.1) is 0 Å².